The second-order valence-electron chi connectivity index (χ2n) is 8.64. The summed E-state index contributed by atoms with van der Waals surface area (Å²) in [5.41, 5.74) is 11.4. The third-order valence-electron chi connectivity index (χ3n) is 4.97. The van der Waals surface area contributed by atoms with E-state index >= 15 is 0 Å². The molecule has 0 aliphatic heterocycles. The Morgan fingerprint density at radius 3 is 1.82 bits per heavy atom. The number of aliphatic carboxylic acids is 2. The molecule has 0 aliphatic rings. The number of carbonyl (C=O) groups excluding carboxylic acids is 3. The van der Waals surface area contributed by atoms with E-state index in [9.17, 15) is 34.2 Å². The molecule has 196 valence electrons. The lowest BCUT2D eigenvalue weighted by atomic mass is 10.0. The Labute approximate surface area is 199 Å². The van der Waals surface area contributed by atoms with Crippen LogP contribution in [0.2, 0.25) is 0 Å². The van der Waals surface area contributed by atoms with E-state index in [1.165, 1.54) is 0 Å². The normalized spacial score (nSPS) is 15.5. The summed E-state index contributed by atoms with van der Waals surface area (Å²) in [4.78, 5) is 60.3. The number of aliphatic hydroxyl groups excluding tert-OH is 1. The molecule has 0 spiro atoms. The van der Waals surface area contributed by atoms with Gasteiger partial charge in [-0.25, -0.2) is 4.79 Å². The van der Waals surface area contributed by atoms with Crippen molar-refractivity contribution in [3.63, 3.8) is 0 Å². The molecule has 5 atom stereocenters. The maximum absolute atomic E-state index is 12.9. The van der Waals surface area contributed by atoms with E-state index in [1.807, 2.05) is 13.8 Å². The molecule has 5 unspecified atom stereocenters. The highest BCUT2D eigenvalue weighted by atomic mass is 16.4. The zero-order chi connectivity index (χ0) is 26.4. The Kier molecular flexibility index (Phi) is 14.7. The lowest BCUT2D eigenvalue weighted by Crippen LogP contribution is -2.58. The van der Waals surface area contributed by atoms with Gasteiger partial charge in [-0.3, -0.25) is 19.2 Å². The summed E-state index contributed by atoms with van der Waals surface area (Å²) in [6.07, 6.45) is -0.616. The predicted molar refractivity (Wildman–Crippen MR) is 122 cm³/mol. The maximum atomic E-state index is 12.9. The smallest absolute Gasteiger partial charge is 0.328 e. The molecule has 0 aromatic carbocycles. The first-order valence-corrected chi connectivity index (χ1v) is 11.3. The van der Waals surface area contributed by atoms with E-state index in [4.69, 9.17) is 16.6 Å². The average Bonchev–Trinajstić information content (AvgIpc) is 2.72. The van der Waals surface area contributed by atoms with E-state index in [-0.39, 0.29) is 18.8 Å². The van der Waals surface area contributed by atoms with Crippen LogP contribution in [-0.2, 0) is 24.0 Å². The number of aliphatic hydroxyl groups is 1. The van der Waals surface area contributed by atoms with E-state index < -0.39 is 66.4 Å². The number of rotatable bonds is 17. The lowest BCUT2D eigenvalue weighted by molar-refractivity contribution is -0.145. The van der Waals surface area contributed by atoms with Crippen LogP contribution in [0.25, 0.3) is 0 Å². The van der Waals surface area contributed by atoms with Gasteiger partial charge in [0, 0.05) is 6.42 Å². The molecule has 34 heavy (non-hydrogen) atoms. The fourth-order valence-electron chi connectivity index (χ4n) is 3.11. The van der Waals surface area contributed by atoms with Crippen molar-refractivity contribution < 1.29 is 39.3 Å². The number of amides is 3. The Bertz CT molecular complexity index is 701. The van der Waals surface area contributed by atoms with E-state index in [1.54, 1.807) is 0 Å². The second kappa shape index (κ2) is 16.0. The minimum Gasteiger partial charge on any atom is -0.481 e. The molecule has 0 heterocycles. The molecule has 3 amide bonds. The van der Waals surface area contributed by atoms with Gasteiger partial charge in [-0.15, -0.1) is 0 Å². The number of hydrogen-bond acceptors (Lipinski definition) is 8. The van der Waals surface area contributed by atoms with E-state index in [0.717, 1.165) is 6.92 Å². The minimum atomic E-state index is -1.66. The summed E-state index contributed by atoms with van der Waals surface area (Å²) >= 11 is 0. The molecular weight excluding hydrogens is 450 g/mol. The van der Waals surface area contributed by atoms with Crippen LogP contribution in [-0.4, -0.2) is 81.8 Å². The van der Waals surface area contributed by atoms with Crippen molar-refractivity contribution in [2.75, 3.05) is 6.54 Å². The molecule has 0 saturated carbocycles. The Hall–Kier alpha value is -2.77. The lowest BCUT2D eigenvalue weighted by Gasteiger charge is -2.26. The fraction of sp³-hybridized carbons (Fsp3) is 0.762. The molecule has 13 nitrogen and oxygen atoms in total. The molecule has 0 rings (SSSR count). The number of carboxylic acid groups (broad SMARTS) is 2. The molecule has 10 N–H and O–H groups in total. The van der Waals surface area contributed by atoms with Gasteiger partial charge < -0.3 is 42.7 Å². The molecule has 0 aromatic rings. The second-order valence-corrected chi connectivity index (χ2v) is 8.64. The SMILES string of the molecule is CC(C)CC(N)C(=O)NC(CCCCN)C(=O)NC(CCC(=O)O)C(=O)NC(C(=O)O)C(C)O. The van der Waals surface area contributed by atoms with Gasteiger partial charge in [0.05, 0.1) is 12.1 Å². The Balaban J connectivity index is 5.56. The topological polar surface area (TPSA) is 234 Å². The first kappa shape index (κ1) is 31.2. The van der Waals surface area contributed by atoms with Crippen molar-refractivity contribution >= 4 is 29.7 Å². The zero-order valence-electron chi connectivity index (χ0n) is 20.0. The fourth-order valence-corrected chi connectivity index (χ4v) is 3.11. The molecular formula is C21H39N5O8. The third-order valence-corrected chi connectivity index (χ3v) is 4.97. The van der Waals surface area contributed by atoms with Gasteiger partial charge in [-0.1, -0.05) is 13.8 Å². The maximum Gasteiger partial charge on any atom is 0.328 e. The Morgan fingerprint density at radius 1 is 0.824 bits per heavy atom. The first-order valence-electron chi connectivity index (χ1n) is 11.3. The Morgan fingerprint density at radius 2 is 1.35 bits per heavy atom. The number of carboxylic acids is 2. The highest BCUT2D eigenvalue weighted by molar-refractivity contribution is 5.94. The van der Waals surface area contributed by atoms with Crippen LogP contribution in [0.3, 0.4) is 0 Å². The van der Waals surface area contributed by atoms with Crippen LogP contribution in [0.1, 0.15) is 59.3 Å². The van der Waals surface area contributed by atoms with E-state index in [2.05, 4.69) is 16.0 Å². The van der Waals surface area contributed by atoms with Crippen molar-refractivity contribution in [2.45, 2.75) is 89.6 Å². The third kappa shape index (κ3) is 12.5. The zero-order valence-corrected chi connectivity index (χ0v) is 20.0. The number of hydrogen-bond donors (Lipinski definition) is 8. The van der Waals surface area contributed by atoms with Gasteiger partial charge in [0.25, 0.3) is 0 Å². The van der Waals surface area contributed by atoms with Crippen LogP contribution in [0.15, 0.2) is 0 Å². The molecule has 0 aliphatic carbocycles. The van der Waals surface area contributed by atoms with Gasteiger partial charge in [0.2, 0.25) is 17.7 Å². The van der Waals surface area contributed by atoms with Crippen LogP contribution < -0.4 is 27.4 Å². The summed E-state index contributed by atoms with van der Waals surface area (Å²) in [6.45, 7) is 5.31. The molecule has 0 bridgehead atoms. The van der Waals surface area contributed by atoms with Crippen LogP contribution >= 0.6 is 0 Å². The molecule has 0 fully saturated rings. The van der Waals surface area contributed by atoms with Crippen molar-refractivity contribution in [2.24, 2.45) is 17.4 Å². The number of unbranched alkanes of at least 4 members (excludes halogenated alkanes) is 1. The van der Waals surface area contributed by atoms with Crippen LogP contribution in [0.4, 0.5) is 0 Å². The largest absolute Gasteiger partial charge is 0.481 e. The van der Waals surface area contributed by atoms with Crippen molar-refractivity contribution in [3.05, 3.63) is 0 Å². The van der Waals surface area contributed by atoms with Gasteiger partial charge in [0.15, 0.2) is 6.04 Å². The molecule has 0 aromatic heterocycles. The molecule has 13 heteroatoms. The highest BCUT2D eigenvalue weighted by Crippen LogP contribution is 2.08. The highest BCUT2D eigenvalue weighted by Gasteiger charge is 2.32. The van der Waals surface area contributed by atoms with Gasteiger partial charge >= 0.3 is 11.9 Å². The van der Waals surface area contributed by atoms with E-state index in [0.29, 0.717) is 25.8 Å². The average molecular weight is 490 g/mol. The summed E-state index contributed by atoms with van der Waals surface area (Å²) in [5, 5.41) is 34.8. The summed E-state index contributed by atoms with van der Waals surface area (Å²) < 4.78 is 0. The minimum absolute atomic E-state index is 0.144. The van der Waals surface area contributed by atoms with Crippen LogP contribution in [0, 0.1) is 5.92 Å². The van der Waals surface area contributed by atoms with Crippen molar-refractivity contribution in [1.82, 2.24) is 16.0 Å². The van der Waals surface area contributed by atoms with Gasteiger partial charge in [-0.2, -0.15) is 0 Å². The monoisotopic (exact) mass is 489 g/mol. The standard InChI is InChI=1S/C21H39N5O8/c1-11(2)10-13(23)18(30)24-14(6-4-5-9-22)19(31)25-15(7-8-16(28)29)20(32)26-17(12(3)27)21(33)34/h11-15,17,27H,4-10,22-23H2,1-3H3,(H,24,30)(H,25,31)(H,26,32)(H,28,29)(H,33,34). The number of nitrogens with one attached hydrogen (secondary N) is 3. The predicted octanol–water partition coefficient (Wildman–Crippen LogP) is -1.73. The first-order chi connectivity index (χ1) is 15.8. The summed E-state index contributed by atoms with van der Waals surface area (Å²) in [6, 6.07) is -4.99. The van der Waals surface area contributed by atoms with Crippen molar-refractivity contribution in [1.29, 1.82) is 0 Å². The number of nitrogens with two attached hydrogens (primary N) is 2. The van der Waals surface area contributed by atoms with Gasteiger partial charge in [0.1, 0.15) is 12.1 Å². The summed E-state index contributed by atoms with van der Waals surface area (Å²) in [5.74, 6) is -4.87. The molecule has 0 radical (unpaired) electrons. The quantitative estimate of drug-likeness (QED) is 0.107. The number of carbonyl (C=O) groups is 5. The summed E-state index contributed by atoms with van der Waals surface area (Å²) in [7, 11) is 0. The van der Waals surface area contributed by atoms with Crippen molar-refractivity contribution in [3.8, 4) is 0 Å². The molecule has 0 saturated heterocycles. The van der Waals surface area contributed by atoms with Gasteiger partial charge in [-0.05, 0) is 51.5 Å². The van der Waals surface area contributed by atoms with Crippen LogP contribution in [0.5, 0.6) is 0 Å².